The molecule has 23 heavy (non-hydrogen) atoms. The van der Waals surface area contributed by atoms with Crippen LogP contribution in [0.3, 0.4) is 0 Å². The first kappa shape index (κ1) is 18.3. The highest BCUT2D eigenvalue weighted by atomic mass is 16.3. The van der Waals surface area contributed by atoms with Crippen LogP contribution in [0.5, 0.6) is 0 Å². The molecule has 0 radical (unpaired) electrons. The van der Waals surface area contributed by atoms with Crippen molar-refractivity contribution in [3.05, 3.63) is 12.2 Å². The Hall–Kier alpha value is -1.07. The fourth-order valence-corrected chi connectivity index (χ4v) is 4.61. The number of allylic oxidation sites excluding steroid dienone is 1. The average molecular weight is 323 g/mol. The summed E-state index contributed by atoms with van der Waals surface area (Å²) in [6, 6.07) is 0. The fourth-order valence-electron chi connectivity index (χ4n) is 4.61. The molecule has 2 saturated carbocycles. The molecular weight excluding hydrogens is 290 g/mol. The summed E-state index contributed by atoms with van der Waals surface area (Å²) < 4.78 is 0. The van der Waals surface area contributed by atoms with Gasteiger partial charge < -0.3 is 21.3 Å². The van der Waals surface area contributed by atoms with Crippen LogP contribution in [0.15, 0.2) is 17.1 Å². The van der Waals surface area contributed by atoms with Crippen molar-refractivity contribution in [1.82, 2.24) is 5.32 Å². The van der Waals surface area contributed by atoms with Crippen molar-refractivity contribution in [2.45, 2.75) is 63.6 Å². The van der Waals surface area contributed by atoms with Gasteiger partial charge in [-0.05, 0) is 70.1 Å². The van der Waals surface area contributed by atoms with Gasteiger partial charge in [-0.25, -0.2) is 0 Å². The lowest BCUT2D eigenvalue weighted by atomic mass is 9.74. The number of guanidine groups is 1. The zero-order chi connectivity index (χ0) is 17.3. The van der Waals surface area contributed by atoms with Crippen molar-refractivity contribution in [1.29, 1.82) is 0 Å². The molecule has 0 aliphatic heterocycles. The lowest BCUT2D eigenvalue weighted by Gasteiger charge is -2.37. The third-order valence-corrected chi connectivity index (χ3v) is 6.20. The minimum atomic E-state index is -0.742. The second kappa shape index (κ2) is 6.81. The summed E-state index contributed by atoms with van der Waals surface area (Å²) >= 11 is 0. The quantitative estimate of drug-likeness (QED) is 0.361. The molecule has 2 aliphatic rings. The Morgan fingerprint density at radius 2 is 2.00 bits per heavy atom. The summed E-state index contributed by atoms with van der Waals surface area (Å²) in [5.74, 6) is 1.06. The van der Waals surface area contributed by atoms with E-state index in [1.165, 1.54) is 0 Å². The molecule has 5 heteroatoms. The number of nitrogens with one attached hydrogen (secondary N) is 1. The molecule has 5 nitrogen and oxygen atoms in total. The maximum absolute atomic E-state index is 11.3. The van der Waals surface area contributed by atoms with Crippen LogP contribution in [-0.4, -0.2) is 41.0 Å². The van der Waals surface area contributed by atoms with E-state index in [1.54, 1.807) is 7.05 Å². The molecule has 0 amide bonds. The number of nitrogens with two attached hydrogens (primary N) is 1. The topological polar surface area (TPSA) is 90.9 Å². The molecule has 0 heterocycles. The number of rotatable bonds is 4. The summed E-state index contributed by atoms with van der Waals surface area (Å²) in [5.41, 5.74) is 5.39. The van der Waals surface area contributed by atoms with Crippen molar-refractivity contribution in [2.24, 2.45) is 28.5 Å². The highest BCUT2D eigenvalue weighted by Gasteiger charge is 2.54. The van der Waals surface area contributed by atoms with Gasteiger partial charge in [-0.3, -0.25) is 4.99 Å². The number of hydrogen-bond acceptors (Lipinski definition) is 3. The smallest absolute Gasteiger partial charge is 0.188 e. The molecule has 0 aromatic rings. The number of aliphatic imine (C=N–C) groups is 1. The van der Waals surface area contributed by atoms with E-state index in [4.69, 9.17) is 5.73 Å². The van der Waals surface area contributed by atoms with Crippen molar-refractivity contribution in [3.8, 4) is 0 Å². The van der Waals surface area contributed by atoms with Crippen molar-refractivity contribution in [2.75, 3.05) is 13.6 Å². The van der Waals surface area contributed by atoms with Gasteiger partial charge in [0, 0.05) is 13.6 Å². The summed E-state index contributed by atoms with van der Waals surface area (Å²) in [4.78, 5) is 3.88. The molecule has 2 aliphatic carbocycles. The maximum Gasteiger partial charge on any atom is 0.188 e. The van der Waals surface area contributed by atoms with Crippen LogP contribution in [0.4, 0.5) is 0 Å². The van der Waals surface area contributed by atoms with Gasteiger partial charge in [0.1, 0.15) is 0 Å². The highest BCUT2D eigenvalue weighted by molar-refractivity contribution is 5.77. The predicted octanol–water partition coefficient (Wildman–Crippen LogP) is 1.80. The summed E-state index contributed by atoms with van der Waals surface area (Å²) in [5, 5.41) is 25.2. The molecule has 0 aromatic carbocycles. The van der Waals surface area contributed by atoms with Crippen LogP contribution >= 0.6 is 0 Å². The zero-order valence-electron chi connectivity index (χ0n) is 14.8. The van der Waals surface area contributed by atoms with E-state index in [-0.39, 0.29) is 11.8 Å². The second-order valence-electron chi connectivity index (χ2n) is 7.82. The molecule has 0 unspecified atom stereocenters. The predicted molar refractivity (Wildman–Crippen MR) is 94.1 cm³/mol. The Kier molecular flexibility index (Phi) is 5.41. The third kappa shape index (κ3) is 3.89. The number of aliphatic hydroxyl groups is 2. The molecule has 2 rings (SSSR count). The molecule has 0 saturated heterocycles. The van der Waals surface area contributed by atoms with E-state index < -0.39 is 11.2 Å². The highest BCUT2D eigenvalue weighted by Crippen LogP contribution is 2.53. The summed E-state index contributed by atoms with van der Waals surface area (Å²) in [6.07, 6.45) is 4.92. The van der Waals surface area contributed by atoms with Crippen LogP contribution in [0, 0.1) is 17.8 Å². The van der Waals surface area contributed by atoms with Gasteiger partial charge in [0.25, 0.3) is 0 Å². The van der Waals surface area contributed by atoms with Crippen LogP contribution in [0.25, 0.3) is 0 Å². The largest absolute Gasteiger partial charge is 0.390 e. The maximum atomic E-state index is 11.3. The van der Waals surface area contributed by atoms with Gasteiger partial charge in [-0.2, -0.15) is 0 Å². The standard InChI is InChI=1S/C18H33N3O2/c1-12(2)13-5-7-17(3,22)14-6-8-18(23,15(14)11-13)9-10-21-16(19)20-4/h13-15,22-23H,1,5-11H2,2-4H3,(H3,19,20,21)/t13-,14-,15-,17+,18+/m0/s1. The van der Waals surface area contributed by atoms with Crippen molar-refractivity contribution in [3.63, 3.8) is 0 Å². The van der Waals surface area contributed by atoms with Crippen molar-refractivity contribution >= 4 is 5.96 Å². The van der Waals surface area contributed by atoms with Crippen LogP contribution in [0.2, 0.25) is 0 Å². The van der Waals surface area contributed by atoms with E-state index in [2.05, 4.69) is 23.8 Å². The van der Waals surface area contributed by atoms with Gasteiger partial charge in [0.05, 0.1) is 11.2 Å². The molecule has 0 aromatic heterocycles. The lowest BCUT2D eigenvalue weighted by Crippen LogP contribution is -2.44. The first-order valence-corrected chi connectivity index (χ1v) is 8.76. The first-order valence-electron chi connectivity index (χ1n) is 8.76. The number of fused-ring (bicyclic) bond motifs is 1. The fraction of sp³-hybridized carbons (Fsp3) is 0.833. The average Bonchev–Trinajstić information content (AvgIpc) is 2.72. The number of nitrogens with zero attached hydrogens (tertiary/aromatic N) is 1. The van der Waals surface area contributed by atoms with Gasteiger partial charge >= 0.3 is 0 Å². The number of hydrogen-bond donors (Lipinski definition) is 4. The Balaban J connectivity index is 2.14. The van der Waals surface area contributed by atoms with E-state index in [9.17, 15) is 10.2 Å². The lowest BCUT2D eigenvalue weighted by molar-refractivity contribution is -0.0641. The summed E-state index contributed by atoms with van der Waals surface area (Å²) in [6.45, 7) is 8.72. The Morgan fingerprint density at radius 1 is 1.30 bits per heavy atom. The van der Waals surface area contributed by atoms with Crippen molar-refractivity contribution < 1.29 is 10.2 Å². The minimum Gasteiger partial charge on any atom is -0.390 e. The molecular formula is C18H33N3O2. The van der Waals surface area contributed by atoms with Gasteiger partial charge in [0.2, 0.25) is 0 Å². The first-order chi connectivity index (χ1) is 10.7. The van der Waals surface area contributed by atoms with Gasteiger partial charge in [-0.15, -0.1) is 0 Å². The third-order valence-electron chi connectivity index (χ3n) is 6.20. The van der Waals surface area contributed by atoms with E-state index in [1.807, 2.05) is 6.92 Å². The van der Waals surface area contributed by atoms with E-state index in [0.29, 0.717) is 24.8 Å². The Bertz CT molecular complexity index is 475. The summed E-state index contributed by atoms with van der Waals surface area (Å²) in [7, 11) is 1.64. The SMILES string of the molecule is C=C(C)[C@H]1CC[C@@](C)(O)[C@H]2CC[C@@](O)(CCNC(N)=NC)[C@H]2C1. The van der Waals surface area contributed by atoms with Crippen LogP contribution in [0.1, 0.15) is 52.4 Å². The van der Waals surface area contributed by atoms with Gasteiger partial charge in [-0.1, -0.05) is 12.2 Å². The Labute approximate surface area is 140 Å². The van der Waals surface area contributed by atoms with Crippen LogP contribution < -0.4 is 11.1 Å². The minimum absolute atomic E-state index is 0.114. The molecule has 5 N–H and O–H groups in total. The van der Waals surface area contributed by atoms with Gasteiger partial charge in [0.15, 0.2) is 5.96 Å². The molecule has 5 atom stereocenters. The van der Waals surface area contributed by atoms with E-state index in [0.717, 1.165) is 37.7 Å². The normalized spacial score (nSPS) is 41.3. The zero-order valence-corrected chi connectivity index (χ0v) is 14.8. The molecule has 0 bridgehead atoms. The molecule has 0 spiro atoms. The second-order valence-corrected chi connectivity index (χ2v) is 7.82. The molecule has 132 valence electrons. The Morgan fingerprint density at radius 3 is 2.61 bits per heavy atom. The van der Waals surface area contributed by atoms with E-state index >= 15 is 0 Å². The molecule has 2 fully saturated rings. The van der Waals surface area contributed by atoms with Crippen LogP contribution in [-0.2, 0) is 0 Å². The monoisotopic (exact) mass is 323 g/mol.